The van der Waals surface area contributed by atoms with E-state index in [4.69, 9.17) is 0 Å². The quantitative estimate of drug-likeness (QED) is 0.148. The summed E-state index contributed by atoms with van der Waals surface area (Å²) in [6.07, 6.45) is 0. The van der Waals surface area contributed by atoms with E-state index < -0.39 is 0 Å². The molecule has 0 radical (unpaired) electrons. The topological polar surface area (TPSA) is 6.48 Å². The van der Waals surface area contributed by atoms with Gasteiger partial charge in [0, 0.05) is 34.0 Å². The number of benzene rings is 10. The summed E-state index contributed by atoms with van der Waals surface area (Å²) in [6.45, 7) is -0.0788. The van der Waals surface area contributed by atoms with Crippen molar-refractivity contribution in [3.05, 3.63) is 249 Å². The standard InChI is InChI=1S/C60H41BN2/c1-6-19-42(20-7-1)45-33-36-50(37-34-45)62-56-32-18-30-52(47-27-14-5-15-28-47)59(56)61-53-39-48(43-21-8-2-9-22-43)35-38-55(53)63(54-31-17-16-29-51(54)46-25-12-4-13-26-46)58-41-49(40-57(62)60(58)61)44-23-10-3-11-24-44/h1-41H. The highest BCUT2D eigenvalue weighted by atomic mass is 15.2. The fourth-order valence-corrected chi connectivity index (χ4v) is 10.0. The second-order valence-electron chi connectivity index (χ2n) is 16.4. The van der Waals surface area contributed by atoms with Gasteiger partial charge < -0.3 is 9.80 Å². The number of nitrogens with zero attached hydrogens (tertiary/aromatic N) is 2. The van der Waals surface area contributed by atoms with Gasteiger partial charge in [-0.3, -0.25) is 0 Å². The molecule has 0 saturated heterocycles. The van der Waals surface area contributed by atoms with Crippen LogP contribution in [0.25, 0.3) is 55.6 Å². The molecule has 0 saturated carbocycles. The van der Waals surface area contributed by atoms with Gasteiger partial charge in [0.2, 0.25) is 0 Å². The molecule has 2 heterocycles. The Hall–Kier alpha value is -8.14. The van der Waals surface area contributed by atoms with Gasteiger partial charge in [0.05, 0.1) is 5.69 Å². The van der Waals surface area contributed by atoms with Crippen LogP contribution in [-0.2, 0) is 0 Å². The molecule has 0 fully saturated rings. The van der Waals surface area contributed by atoms with E-state index in [9.17, 15) is 0 Å². The molecule has 0 atom stereocenters. The van der Waals surface area contributed by atoms with Crippen molar-refractivity contribution in [1.82, 2.24) is 0 Å². The number of rotatable bonds is 7. The first-order valence-corrected chi connectivity index (χ1v) is 21.8. The first-order valence-electron chi connectivity index (χ1n) is 21.8. The lowest BCUT2D eigenvalue weighted by molar-refractivity contribution is 1.25. The van der Waals surface area contributed by atoms with Crippen LogP contribution in [-0.4, -0.2) is 6.71 Å². The van der Waals surface area contributed by atoms with E-state index in [1.807, 2.05) is 0 Å². The first kappa shape index (κ1) is 36.7. The molecule has 0 spiro atoms. The van der Waals surface area contributed by atoms with Crippen molar-refractivity contribution >= 4 is 57.2 Å². The number of anilines is 6. The van der Waals surface area contributed by atoms with Crippen molar-refractivity contribution in [1.29, 1.82) is 0 Å². The van der Waals surface area contributed by atoms with E-state index in [-0.39, 0.29) is 6.71 Å². The van der Waals surface area contributed by atoms with Crippen LogP contribution in [0.1, 0.15) is 0 Å². The maximum Gasteiger partial charge on any atom is 0.252 e. The van der Waals surface area contributed by atoms with Gasteiger partial charge in [-0.2, -0.15) is 0 Å². The lowest BCUT2D eigenvalue weighted by Gasteiger charge is -2.45. The van der Waals surface area contributed by atoms with E-state index in [2.05, 4.69) is 259 Å². The summed E-state index contributed by atoms with van der Waals surface area (Å²) in [7, 11) is 0. The van der Waals surface area contributed by atoms with Gasteiger partial charge in [-0.1, -0.05) is 206 Å². The summed E-state index contributed by atoms with van der Waals surface area (Å²) in [6, 6.07) is 91.2. The smallest absolute Gasteiger partial charge is 0.252 e. The van der Waals surface area contributed by atoms with Crippen molar-refractivity contribution < 1.29 is 0 Å². The van der Waals surface area contributed by atoms with Crippen LogP contribution in [0.5, 0.6) is 0 Å². The monoisotopic (exact) mass is 800 g/mol. The van der Waals surface area contributed by atoms with Crippen LogP contribution >= 0.6 is 0 Å². The summed E-state index contributed by atoms with van der Waals surface area (Å²) in [4.78, 5) is 5.09. The van der Waals surface area contributed by atoms with Crippen LogP contribution in [0.2, 0.25) is 0 Å². The fourth-order valence-electron chi connectivity index (χ4n) is 10.0. The van der Waals surface area contributed by atoms with Crippen LogP contribution in [0, 0.1) is 0 Å². The summed E-state index contributed by atoms with van der Waals surface area (Å²) in [5.74, 6) is 0. The lowest BCUT2D eigenvalue weighted by Crippen LogP contribution is -2.62. The Kier molecular flexibility index (Phi) is 8.97. The van der Waals surface area contributed by atoms with E-state index in [0.29, 0.717) is 0 Å². The molecule has 2 aliphatic heterocycles. The predicted molar refractivity (Wildman–Crippen MR) is 268 cm³/mol. The zero-order valence-corrected chi connectivity index (χ0v) is 34.6. The molecule has 3 heteroatoms. The highest BCUT2D eigenvalue weighted by molar-refractivity contribution is 7.01. The minimum Gasteiger partial charge on any atom is -0.311 e. The SMILES string of the molecule is c1ccc(-c2ccc(N3c4cccc(-c5ccccc5)c4B4c5cc(-c6ccccc6)ccc5N(c5ccccc5-c5ccccc5)c5cc(-c6ccccc6)cc3c54)cc2)cc1. The van der Waals surface area contributed by atoms with Gasteiger partial charge in [-0.25, -0.2) is 0 Å². The molecular formula is C60H41BN2. The minimum atomic E-state index is -0.0788. The molecule has 0 amide bonds. The Balaban J connectivity index is 1.21. The fraction of sp³-hybridized carbons (Fsp3) is 0. The van der Waals surface area contributed by atoms with Crippen LogP contribution in [0.15, 0.2) is 249 Å². The molecule has 12 rings (SSSR count). The minimum absolute atomic E-state index is 0.0788. The molecule has 0 aliphatic carbocycles. The van der Waals surface area contributed by atoms with Gasteiger partial charge in [-0.05, 0) is 109 Å². The third-order valence-electron chi connectivity index (χ3n) is 12.9. The van der Waals surface area contributed by atoms with Crippen molar-refractivity contribution in [2.45, 2.75) is 0 Å². The number of hydrogen-bond acceptors (Lipinski definition) is 2. The predicted octanol–water partition coefficient (Wildman–Crippen LogP) is 14.1. The first-order chi connectivity index (χ1) is 31.3. The zero-order chi connectivity index (χ0) is 41.7. The summed E-state index contributed by atoms with van der Waals surface area (Å²) >= 11 is 0. The van der Waals surface area contributed by atoms with Gasteiger partial charge in [0.25, 0.3) is 6.71 Å². The molecule has 2 nitrogen and oxygen atoms in total. The van der Waals surface area contributed by atoms with Crippen molar-refractivity contribution in [2.75, 3.05) is 9.80 Å². The Morgan fingerprint density at radius 2 is 0.683 bits per heavy atom. The van der Waals surface area contributed by atoms with E-state index >= 15 is 0 Å². The Morgan fingerprint density at radius 1 is 0.238 bits per heavy atom. The maximum atomic E-state index is 2.56. The molecule has 294 valence electrons. The van der Waals surface area contributed by atoms with Gasteiger partial charge in [0.15, 0.2) is 0 Å². The van der Waals surface area contributed by atoms with E-state index in [1.165, 1.54) is 94.8 Å². The second kappa shape index (κ2) is 15.4. The zero-order valence-electron chi connectivity index (χ0n) is 34.6. The Labute approximate surface area is 369 Å². The van der Waals surface area contributed by atoms with Crippen molar-refractivity contribution in [3.8, 4) is 55.6 Å². The van der Waals surface area contributed by atoms with E-state index in [0.717, 1.165) is 11.4 Å². The number of para-hydroxylation sites is 1. The van der Waals surface area contributed by atoms with Crippen LogP contribution in [0.3, 0.4) is 0 Å². The maximum absolute atomic E-state index is 2.56. The van der Waals surface area contributed by atoms with E-state index in [1.54, 1.807) is 0 Å². The molecule has 10 aromatic rings. The molecule has 0 unspecified atom stereocenters. The summed E-state index contributed by atoms with van der Waals surface area (Å²) in [5, 5.41) is 0. The van der Waals surface area contributed by atoms with Crippen molar-refractivity contribution in [3.63, 3.8) is 0 Å². The largest absolute Gasteiger partial charge is 0.311 e. The molecule has 0 aromatic heterocycles. The average Bonchev–Trinajstić information content (AvgIpc) is 3.37. The van der Waals surface area contributed by atoms with Crippen LogP contribution in [0.4, 0.5) is 34.1 Å². The lowest BCUT2D eigenvalue weighted by atomic mass is 9.32. The summed E-state index contributed by atoms with van der Waals surface area (Å²) < 4.78 is 0. The Bertz CT molecular complexity index is 3260. The molecule has 0 N–H and O–H groups in total. The van der Waals surface area contributed by atoms with Gasteiger partial charge in [-0.15, -0.1) is 0 Å². The molecule has 2 aliphatic rings. The van der Waals surface area contributed by atoms with Gasteiger partial charge in [0.1, 0.15) is 0 Å². The highest BCUT2D eigenvalue weighted by Gasteiger charge is 2.45. The Morgan fingerprint density at radius 3 is 1.30 bits per heavy atom. The average molecular weight is 801 g/mol. The van der Waals surface area contributed by atoms with Crippen LogP contribution < -0.4 is 26.2 Å². The molecular weight excluding hydrogens is 759 g/mol. The van der Waals surface area contributed by atoms with Crippen molar-refractivity contribution in [2.24, 2.45) is 0 Å². The second-order valence-corrected chi connectivity index (χ2v) is 16.4. The summed E-state index contributed by atoms with van der Waals surface area (Å²) in [5.41, 5.74) is 22.8. The number of fused-ring (bicyclic) bond motifs is 4. The normalized spacial score (nSPS) is 12.3. The third kappa shape index (κ3) is 6.28. The number of hydrogen-bond donors (Lipinski definition) is 0. The van der Waals surface area contributed by atoms with Gasteiger partial charge >= 0.3 is 0 Å². The molecule has 63 heavy (non-hydrogen) atoms. The molecule has 0 bridgehead atoms. The molecule has 10 aromatic carbocycles. The third-order valence-corrected chi connectivity index (χ3v) is 12.9. The highest BCUT2D eigenvalue weighted by Crippen LogP contribution is 2.49.